The Morgan fingerprint density at radius 1 is 0.607 bits per heavy atom. The Kier molecular flexibility index (Phi) is 44.4. The summed E-state index contributed by atoms with van der Waals surface area (Å²) in [6.07, 6.45) is 6.46. The molecule has 1 saturated carbocycles. The van der Waals surface area contributed by atoms with E-state index in [9.17, 15) is 62.4 Å². The van der Waals surface area contributed by atoms with Crippen molar-refractivity contribution >= 4 is 96.2 Å². The molecule has 2 N–H and O–H groups in total. The van der Waals surface area contributed by atoms with Crippen LogP contribution >= 0.6 is 35.0 Å². The zero-order valence-corrected chi connectivity index (χ0v) is 89.0. The highest BCUT2D eigenvalue weighted by molar-refractivity contribution is 7.97. The molecule has 10 aromatic carbocycles. The molecular formula is C111H120Cl2F6N14O14S3. The predicted octanol–water partition coefficient (Wildman–Crippen LogP) is 20.8. The van der Waals surface area contributed by atoms with Crippen LogP contribution in [0.3, 0.4) is 0 Å². The lowest BCUT2D eigenvalue weighted by Gasteiger charge is -2.36. The van der Waals surface area contributed by atoms with Crippen LogP contribution in [0.5, 0.6) is 23.0 Å². The number of anilines is 3. The molecule has 0 radical (unpaired) electrons. The highest BCUT2D eigenvalue weighted by Gasteiger charge is 2.40. The van der Waals surface area contributed by atoms with E-state index in [4.69, 9.17) is 62.7 Å². The number of benzene rings is 10. The van der Waals surface area contributed by atoms with Gasteiger partial charge in [-0.3, -0.25) is 28.6 Å². The average molecular weight is 2160 g/mol. The summed E-state index contributed by atoms with van der Waals surface area (Å²) in [5.41, 5.74) is 8.65. The van der Waals surface area contributed by atoms with Crippen LogP contribution in [-0.2, 0) is 76.2 Å². The summed E-state index contributed by atoms with van der Waals surface area (Å²) >= 11 is 13.7. The number of thioether (sulfide) groups is 1. The van der Waals surface area contributed by atoms with Crippen LogP contribution < -0.4 is 43.1 Å². The molecule has 4 heterocycles. The smallest absolute Gasteiger partial charge is 0.417 e. The van der Waals surface area contributed by atoms with E-state index in [1.165, 1.54) is 93.5 Å². The van der Waals surface area contributed by atoms with Gasteiger partial charge >= 0.3 is 28.3 Å². The number of esters is 2. The fraction of sp³-hybridized carbons (Fsp3) is 0.324. The Labute approximate surface area is 886 Å². The van der Waals surface area contributed by atoms with Gasteiger partial charge in [-0.1, -0.05) is 142 Å². The van der Waals surface area contributed by atoms with Gasteiger partial charge in [-0.05, 0) is 218 Å². The lowest BCUT2D eigenvalue weighted by molar-refractivity contribution is -0.146. The third kappa shape index (κ3) is 33.5. The Morgan fingerprint density at radius 3 is 1.87 bits per heavy atom. The Bertz CT molecular complexity index is 6880. The van der Waals surface area contributed by atoms with Crippen LogP contribution in [0.1, 0.15) is 153 Å². The lowest BCUT2D eigenvalue weighted by Crippen LogP contribution is -2.47. The molecule has 1 aliphatic carbocycles. The molecule has 792 valence electrons. The van der Waals surface area contributed by atoms with Crippen LogP contribution in [0, 0.1) is 57.4 Å². The number of aromatic nitrogens is 3. The van der Waals surface area contributed by atoms with Crippen LogP contribution in [0.4, 0.5) is 43.4 Å². The first-order valence-corrected chi connectivity index (χ1v) is 52.6. The van der Waals surface area contributed by atoms with Crippen molar-refractivity contribution in [1.29, 1.82) is 15.8 Å². The Hall–Kier alpha value is -14.0. The number of carbonyl (C=O) groups excluding carboxylic acids is 4. The van der Waals surface area contributed by atoms with Crippen LogP contribution in [0.15, 0.2) is 255 Å². The minimum atomic E-state index is -4.53. The van der Waals surface area contributed by atoms with Gasteiger partial charge in [0.2, 0.25) is 0 Å². The maximum atomic E-state index is 14.2. The molecule has 2 aromatic heterocycles. The van der Waals surface area contributed by atoms with Crippen molar-refractivity contribution in [2.75, 3.05) is 136 Å². The van der Waals surface area contributed by atoms with Gasteiger partial charge in [0.25, 0.3) is 22.0 Å². The zero-order chi connectivity index (χ0) is 109. The molecule has 15 rings (SSSR count). The second-order valence-corrected chi connectivity index (χ2v) is 41.5. The summed E-state index contributed by atoms with van der Waals surface area (Å²) in [6, 6.07) is 72.5. The Morgan fingerprint density at radius 2 is 1.27 bits per heavy atom. The lowest BCUT2D eigenvalue weighted by atomic mass is 9.78. The summed E-state index contributed by atoms with van der Waals surface area (Å²) in [5.74, 6) is 0.456. The molecule has 12 aromatic rings. The van der Waals surface area contributed by atoms with Gasteiger partial charge in [-0.25, -0.2) is 22.6 Å². The third-order valence-electron chi connectivity index (χ3n) is 24.9. The first-order chi connectivity index (χ1) is 71.7. The van der Waals surface area contributed by atoms with Crippen molar-refractivity contribution < 1.29 is 90.8 Å². The number of rotatable bonds is 32. The molecule has 2 amide bonds. The normalized spacial score (nSPS) is 13.5. The number of alkyl halides is 3. The van der Waals surface area contributed by atoms with E-state index < -0.39 is 55.6 Å². The summed E-state index contributed by atoms with van der Waals surface area (Å²) in [5, 5.41) is 34.8. The number of piperazine rings is 1. The second kappa shape index (κ2) is 56.5. The van der Waals surface area contributed by atoms with Crippen molar-refractivity contribution in [1.82, 2.24) is 38.3 Å². The van der Waals surface area contributed by atoms with E-state index in [2.05, 4.69) is 62.7 Å². The van der Waals surface area contributed by atoms with Gasteiger partial charge in [0, 0.05) is 148 Å². The highest BCUT2D eigenvalue weighted by Crippen LogP contribution is 2.45. The van der Waals surface area contributed by atoms with Crippen molar-refractivity contribution in [3.8, 4) is 46.9 Å². The number of carbonyl (C=O) groups is 4. The number of nitrogens with one attached hydrogen (secondary N) is 2. The number of nitriles is 3. The van der Waals surface area contributed by atoms with Gasteiger partial charge in [0.05, 0.1) is 104 Å². The number of hydrogen-bond acceptors (Lipinski definition) is 22. The predicted molar refractivity (Wildman–Crippen MR) is 569 cm³/mol. The number of nitrogens with zero attached hydrogens (tertiary/aromatic N) is 12. The van der Waals surface area contributed by atoms with Crippen molar-refractivity contribution in [2.24, 2.45) is 5.92 Å². The zero-order valence-electron chi connectivity index (χ0n) is 85.0. The van der Waals surface area contributed by atoms with Gasteiger partial charge in [0.15, 0.2) is 11.6 Å². The monoisotopic (exact) mass is 2150 g/mol. The number of methoxy groups -OCH3 is 5. The molecule has 3 fully saturated rings. The molecule has 2 saturated heterocycles. The summed E-state index contributed by atoms with van der Waals surface area (Å²) in [6.45, 7) is 14.0. The number of pyridine rings is 1. The van der Waals surface area contributed by atoms with Crippen LogP contribution in [-0.4, -0.2) is 191 Å². The van der Waals surface area contributed by atoms with Crippen LogP contribution in [0.25, 0.3) is 5.69 Å². The third-order valence-corrected chi connectivity index (χ3v) is 29.9. The minimum Gasteiger partial charge on any atom is -0.497 e. The van der Waals surface area contributed by atoms with Crippen molar-refractivity contribution in [2.45, 2.75) is 108 Å². The van der Waals surface area contributed by atoms with E-state index in [0.717, 1.165) is 106 Å². The fourth-order valence-electron chi connectivity index (χ4n) is 16.5. The summed E-state index contributed by atoms with van der Waals surface area (Å²) in [4.78, 5) is 58.5. The number of hydrogen-bond donors (Lipinski definition) is 2. The molecule has 0 spiro atoms. The van der Waals surface area contributed by atoms with Gasteiger partial charge < -0.3 is 43.5 Å². The number of para-hydroxylation sites is 2. The molecule has 0 bridgehead atoms. The number of halogens is 8. The van der Waals surface area contributed by atoms with Crippen molar-refractivity contribution in [3.63, 3.8) is 0 Å². The highest BCUT2D eigenvalue weighted by atomic mass is 35.5. The van der Waals surface area contributed by atoms with Crippen LogP contribution in [0.2, 0.25) is 10.0 Å². The van der Waals surface area contributed by atoms with Crippen molar-refractivity contribution in [3.05, 3.63) is 355 Å². The van der Waals surface area contributed by atoms with Gasteiger partial charge in [-0.2, -0.15) is 76.0 Å². The largest absolute Gasteiger partial charge is 0.497 e. The molecule has 3 aliphatic rings. The molecular weight excluding hydrogens is 2030 g/mol. The van der Waals surface area contributed by atoms with E-state index in [1.54, 1.807) is 127 Å². The average Bonchev–Trinajstić information content (AvgIpc) is 1.53. The van der Waals surface area contributed by atoms with Gasteiger partial charge in [-0.15, -0.1) is 0 Å². The fourth-order valence-corrected chi connectivity index (χ4v) is 20.2. The quantitative estimate of drug-likeness (QED) is 0.0225. The molecule has 39 heteroatoms. The number of piperidine rings is 1. The number of ether oxygens (including phenoxy) is 6. The first-order valence-electron chi connectivity index (χ1n) is 47.9. The summed E-state index contributed by atoms with van der Waals surface area (Å²) in [7, 11) is 2.73. The SMILES string of the molecule is CCN(C(=O)c1cccc(-n2cccn2)c1)c1ccc(C#N)c(Cl)c1.COC(=O)C1CCN(S(=O)(=O)NCCOc2ccc(C(C)(C)C)cc2)CC1.COC(=O)c1ccc(C(=O)NCC2(c3ccccc3OC)CCCC2)nc1.COc1ccc(CCN2CCN(c3ccc(C#N)c(C(F)(F)F)c3)CC2)cc1.COc1ccc(Cl)cc1CN(c1ccccc1F)S(=O)(=O)N(C)C.N#Cc1ccccc1CSCc1ccc(F)c(F)c1. The molecule has 150 heavy (non-hydrogen) atoms. The van der Waals surface area contributed by atoms with E-state index in [0.29, 0.717) is 124 Å². The molecule has 2 aliphatic heterocycles. The molecule has 0 unspecified atom stereocenters. The second-order valence-electron chi connectivity index (χ2n) is 35.8. The standard InChI is InChI=1S/C21H22F3N3O.C21H24N2O4.C19H15ClN4O.C19H30N2O5S.C16H18ClFN2O3S.C15H11F2NS/c1-28-19-6-2-16(3-7-19)8-9-26-10-12-27(13-11-26)18-5-4-17(15-25)20(14-18)21(22,23)24;1-26-18-8-4-3-7-16(18)21(11-5-6-12-21)14-23-19(24)17-10-9-15(13-22-17)20(25)27-2;1-2-23(16-8-7-15(13-21)18(20)12-16)19(25)14-5-3-6-17(11-14)24-10-4-9-22-24;1-19(2,3)16-5-7-17(8-6-16)26-14-11-20-27(23,24)21-12-9-15(10-13-21)18(22)25-4;1-19(2)24(21,22)20(15-7-5-4-6-14(15)18)11-12-10-13(17)8-9-16(12)23-3;16-14-6-5-11(7-15(14)17)9-19-10-13-4-2-1-3-12(13)8-18/h2-7,14H,8-13H2,1H3;3-4,7-10,13H,5-6,11-12,14H2,1-2H3,(H,23,24);3-12H,2H2,1H3;5-8,15,20H,9-14H2,1-4H3;4-10H,11H2,1-3H3;1-7H,9-10H2. The maximum Gasteiger partial charge on any atom is 0.417 e. The minimum absolute atomic E-state index is 0.0479. The van der Waals surface area contributed by atoms with E-state index in [1.807, 2.05) is 127 Å². The topological polar surface area (TPSA) is 338 Å². The maximum absolute atomic E-state index is 14.2. The number of amides is 2. The molecule has 0 atom stereocenters. The summed E-state index contributed by atoms with van der Waals surface area (Å²) < 4.78 is 168. The first kappa shape index (κ1) is 118. The Balaban J connectivity index is 0.000000184. The molecule has 28 nitrogen and oxygen atoms in total. The van der Waals surface area contributed by atoms with Gasteiger partial charge in [0.1, 0.15) is 47.2 Å². The van der Waals surface area contributed by atoms with E-state index in [-0.39, 0.29) is 71.2 Å². The van der Waals surface area contributed by atoms with E-state index >= 15 is 0 Å².